The van der Waals surface area contributed by atoms with Crippen molar-refractivity contribution in [3.8, 4) is 0 Å². The van der Waals surface area contributed by atoms with Gasteiger partial charge < -0.3 is 4.42 Å². The van der Waals surface area contributed by atoms with Crippen LogP contribution >= 0.6 is 39.1 Å². The van der Waals surface area contributed by atoms with Crippen molar-refractivity contribution in [2.45, 2.75) is 0 Å². The van der Waals surface area contributed by atoms with Gasteiger partial charge in [-0.15, -0.1) is 0 Å². The molecule has 0 fully saturated rings. The van der Waals surface area contributed by atoms with Gasteiger partial charge in [0, 0.05) is 10.9 Å². The van der Waals surface area contributed by atoms with Gasteiger partial charge >= 0.3 is 0 Å². The quantitative estimate of drug-likeness (QED) is 0.406. The summed E-state index contributed by atoms with van der Waals surface area (Å²) in [5.74, 6) is -1.12. The molecule has 0 radical (unpaired) electrons. The number of hydrogen-bond acceptors (Lipinski definition) is 2. The van der Waals surface area contributed by atoms with Crippen LogP contribution in [0.15, 0.2) is 45.3 Å². The minimum atomic E-state index is -0.707. The summed E-state index contributed by atoms with van der Waals surface area (Å²) in [5.41, 5.74) is 0.556. The number of fused-ring (bicyclic) bond motifs is 1. The van der Waals surface area contributed by atoms with E-state index in [1.807, 2.05) is 12.1 Å². The average molecular weight is 388 g/mol. The fourth-order valence-corrected chi connectivity index (χ4v) is 2.90. The minimum Gasteiger partial charge on any atom is -0.451 e. The molecule has 21 heavy (non-hydrogen) atoms. The molecule has 0 N–H and O–H groups in total. The largest absolute Gasteiger partial charge is 0.451 e. The van der Waals surface area contributed by atoms with E-state index in [0.717, 1.165) is 15.9 Å². The second-order valence-corrected chi connectivity index (χ2v) is 6.01. The van der Waals surface area contributed by atoms with E-state index in [1.165, 1.54) is 6.07 Å². The Kier molecular flexibility index (Phi) is 3.78. The molecule has 3 aromatic rings. The van der Waals surface area contributed by atoms with Gasteiger partial charge in [0.2, 0.25) is 5.78 Å². The van der Waals surface area contributed by atoms with E-state index < -0.39 is 11.6 Å². The molecule has 0 saturated heterocycles. The number of carbonyl (C=O) groups excluding carboxylic acids is 1. The summed E-state index contributed by atoms with van der Waals surface area (Å²) in [6.45, 7) is 0. The lowest BCUT2D eigenvalue weighted by Crippen LogP contribution is -2.01. The summed E-state index contributed by atoms with van der Waals surface area (Å²) in [4.78, 5) is 12.4. The van der Waals surface area contributed by atoms with Gasteiger partial charge in [-0.05, 0) is 40.2 Å². The third-order valence-corrected chi connectivity index (χ3v) is 4.20. The summed E-state index contributed by atoms with van der Waals surface area (Å²) < 4.78 is 19.8. The first-order chi connectivity index (χ1) is 9.97. The van der Waals surface area contributed by atoms with Gasteiger partial charge in [0.1, 0.15) is 11.4 Å². The molecule has 0 aliphatic carbocycles. The van der Waals surface area contributed by atoms with Gasteiger partial charge in [0.05, 0.1) is 14.5 Å². The van der Waals surface area contributed by atoms with Crippen molar-refractivity contribution in [3.63, 3.8) is 0 Å². The van der Waals surface area contributed by atoms with Crippen LogP contribution in [-0.4, -0.2) is 5.78 Å². The van der Waals surface area contributed by atoms with Crippen molar-refractivity contribution in [1.29, 1.82) is 0 Å². The smallest absolute Gasteiger partial charge is 0.229 e. The topological polar surface area (TPSA) is 30.2 Å². The SMILES string of the molecule is O=C(c1cc2cccc(Br)c2o1)c1cc(F)c(Cl)cc1Cl. The van der Waals surface area contributed by atoms with Gasteiger partial charge in [-0.1, -0.05) is 35.3 Å². The first-order valence-electron chi connectivity index (χ1n) is 5.84. The Morgan fingerprint density at radius 1 is 1.14 bits per heavy atom. The molecule has 3 rings (SSSR count). The van der Waals surface area contributed by atoms with Gasteiger partial charge in [-0.2, -0.15) is 0 Å². The van der Waals surface area contributed by atoms with E-state index >= 15 is 0 Å². The zero-order valence-electron chi connectivity index (χ0n) is 10.3. The fraction of sp³-hybridized carbons (Fsp3) is 0. The molecule has 1 aromatic heterocycles. The number of rotatable bonds is 2. The van der Waals surface area contributed by atoms with E-state index in [9.17, 15) is 9.18 Å². The molecule has 2 aromatic carbocycles. The zero-order valence-corrected chi connectivity index (χ0v) is 13.4. The zero-order chi connectivity index (χ0) is 15.1. The highest BCUT2D eigenvalue weighted by atomic mass is 79.9. The minimum absolute atomic E-state index is 0.00810. The third kappa shape index (κ3) is 2.59. The Labute approximate surface area is 137 Å². The van der Waals surface area contributed by atoms with Crippen molar-refractivity contribution in [3.05, 3.63) is 68.1 Å². The van der Waals surface area contributed by atoms with E-state index in [4.69, 9.17) is 27.6 Å². The standard InChI is InChI=1S/C15H6BrCl2FO2/c16-9-3-1-2-7-4-13(21-15(7)9)14(20)8-5-12(19)11(18)6-10(8)17/h1-6H. The summed E-state index contributed by atoms with van der Waals surface area (Å²) in [6.07, 6.45) is 0. The molecule has 1 heterocycles. The lowest BCUT2D eigenvalue weighted by atomic mass is 10.1. The molecule has 0 unspecified atom stereocenters. The Morgan fingerprint density at radius 3 is 2.62 bits per heavy atom. The number of benzene rings is 2. The predicted octanol–water partition coefficient (Wildman–Crippen LogP) is 5.87. The van der Waals surface area contributed by atoms with Gasteiger partial charge in [-0.3, -0.25) is 4.79 Å². The van der Waals surface area contributed by atoms with Crippen LogP contribution in [0.2, 0.25) is 10.0 Å². The van der Waals surface area contributed by atoms with Crippen LogP contribution in [0.25, 0.3) is 11.0 Å². The highest BCUT2D eigenvalue weighted by molar-refractivity contribution is 9.10. The Balaban J connectivity index is 2.12. The monoisotopic (exact) mass is 386 g/mol. The van der Waals surface area contributed by atoms with Crippen LogP contribution in [0.4, 0.5) is 4.39 Å². The fourth-order valence-electron chi connectivity index (χ4n) is 1.97. The molecule has 0 amide bonds. The van der Waals surface area contributed by atoms with E-state index in [2.05, 4.69) is 15.9 Å². The Bertz CT molecular complexity index is 873. The number of ketones is 1. The van der Waals surface area contributed by atoms with Crippen molar-refractivity contribution in [1.82, 2.24) is 0 Å². The van der Waals surface area contributed by atoms with Crippen molar-refractivity contribution >= 4 is 55.9 Å². The summed E-state index contributed by atoms with van der Waals surface area (Å²) in [5, 5.41) is 0.702. The first-order valence-corrected chi connectivity index (χ1v) is 7.39. The number of halogens is 4. The normalized spacial score (nSPS) is 11.0. The molecular weight excluding hydrogens is 382 g/mol. The number of hydrogen-bond donors (Lipinski definition) is 0. The Morgan fingerprint density at radius 2 is 1.90 bits per heavy atom. The molecule has 0 aliphatic rings. The molecule has 106 valence electrons. The van der Waals surface area contributed by atoms with Crippen LogP contribution in [0.5, 0.6) is 0 Å². The summed E-state index contributed by atoms with van der Waals surface area (Å²) in [7, 11) is 0. The van der Waals surface area contributed by atoms with Gasteiger partial charge in [0.15, 0.2) is 5.76 Å². The number of furan rings is 1. The molecule has 6 heteroatoms. The molecule has 2 nitrogen and oxygen atoms in total. The van der Waals surface area contributed by atoms with Crippen molar-refractivity contribution < 1.29 is 13.6 Å². The second-order valence-electron chi connectivity index (χ2n) is 4.34. The van der Waals surface area contributed by atoms with E-state index in [0.29, 0.717) is 5.58 Å². The maximum absolute atomic E-state index is 13.5. The summed E-state index contributed by atoms with van der Waals surface area (Å²) >= 11 is 14.9. The molecule has 0 bridgehead atoms. The second kappa shape index (κ2) is 5.44. The molecule has 0 atom stereocenters. The van der Waals surface area contributed by atoms with Crippen LogP contribution in [0, 0.1) is 5.82 Å². The average Bonchev–Trinajstić information content (AvgIpc) is 2.87. The summed E-state index contributed by atoms with van der Waals surface area (Å²) in [6, 6.07) is 9.23. The van der Waals surface area contributed by atoms with E-state index in [-0.39, 0.29) is 21.4 Å². The van der Waals surface area contributed by atoms with Crippen LogP contribution in [-0.2, 0) is 0 Å². The lowest BCUT2D eigenvalue weighted by Gasteiger charge is -2.03. The van der Waals surface area contributed by atoms with E-state index in [1.54, 1.807) is 12.1 Å². The number of carbonyl (C=O) groups is 1. The molecule has 0 spiro atoms. The van der Waals surface area contributed by atoms with Crippen LogP contribution in [0.3, 0.4) is 0 Å². The van der Waals surface area contributed by atoms with Crippen molar-refractivity contribution in [2.75, 3.05) is 0 Å². The maximum Gasteiger partial charge on any atom is 0.229 e. The maximum atomic E-state index is 13.5. The Hall–Kier alpha value is -1.36. The van der Waals surface area contributed by atoms with Gasteiger partial charge in [-0.25, -0.2) is 4.39 Å². The van der Waals surface area contributed by atoms with Gasteiger partial charge in [0.25, 0.3) is 0 Å². The van der Waals surface area contributed by atoms with Crippen LogP contribution in [0.1, 0.15) is 16.1 Å². The highest BCUT2D eigenvalue weighted by Gasteiger charge is 2.20. The molecule has 0 saturated carbocycles. The highest BCUT2D eigenvalue weighted by Crippen LogP contribution is 2.30. The lowest BCUT2D eigenvalue weighted by molar-refractivity contribution is 0.101. The predicted molar refractivity (Wildman–Crippen MR) is 83.8 cm³/mol. The first kappa shape index (κ1) is 14.6. The van der Waals surface area contributed by atoms with Crippen LogP contribution < -0.4 is 0 Å². The molecular formula is C15H6BrCl2FO2. The molecule has 0 aliphatic heterocycles. The van der Waals surface area contributed by atoms with Crippen molar-refractivity contribution in [2.24, 2.45) is 0 Å². The number of para-hydroxylation sites is 1. The third-order valence-electron chi connectivity index (χ3n) is 2.97.